The van der Waals surface area contributed by atoms with Gasteiger partial charge in [0.1, 0.15) is 15.8 Å². The van der Waals surface area contributed by atoms with Gasteiger partial charge in [0.25, 0.3) is 11.5 Å². The van der Waals surface area contributed by atoms with Crippen molar-refractivity contribution in [1.29, 1.82) is 0 Å². The summed E-state index contributed by atoms with van der Waals surface area (Å²) < 4.78 is 7.08. The van der Waals surface area contributed by atoms with Crippen molar-refractivity contribution in [1.82, 2.24) is 14.3 Å². The topological polar surface area (TPSA) is 67.2 Å². The van der Waals surface area contributed by atoms with Gasteiger partial charge < -0.3 is 9.64 Å². The third-order valence-electron chi connectivity index (χ3n) is 4.91. The molecule has 0 spiro atoms. The van der Waals surface area contributed by atoms with Crippen molar-refractivity contribution >= 4 is 51.7 Å². The molecule has 0 radical (unpaired) electrons. The fourth-order valence-electron chi connectivity index (χ4n) is 3.36. The fourth-order valence-corrected chi connectivity index (χ4v) is 4.65. The number of thiocarbonyl (C=S) groups is 1. The third kappa shape index (κ3) is 4.28. The summed E-state index contributed by atoms with van der Waals surface area (Å²) in [5, 5.41) is 0. The van der Waals surface area contributed by atoms with Crippen LogP contribution < -0.4 is 10.5 Å². The summed E-state index contributed by atoms with van der Waals surface area (Å²) in [4.78, 5) is 35.2. The predicted molar refractivity (Wildman–Crippen MR) is 126 cm³/mol. The minimum absolute atomic E-state index is 0.199. The summed E-state index contributed by atoms with van der Waals surface area (Å²) in [6.07, 6.45) is 4.27. The number of rotatable bonds is 8. The Morgan fingerprint density at radius 1 is 1.33 bits per heavy atom. The van der Waals surface area contributed by atoms with Crippen LogP contribution in [0.1, 0.15) is 31.4 Å². The Kier molecular flexibility index (Phi) is 7.27. The zero-order valence-electron chi connectivity index (χ0n) is 17.7. The summed E-state index contributed by atoms with van der Waals surface area (Å²) in [5.74, 6) is 0.390. The minimum Gasteiger partial charge on any atom is -0.383 e. The first-order chi connectivity index (χ1) is 14.4. The number of ether oxygens (including phenoxy) is 1. The van der Waals surface area contributed by atoms with Gasteiger partial charge >= 0.3 is 0 Å². The molecule has 0 atom stereocenters. The van der Waals surface area contributed by atoms with E-state index in [-0.39, 0.29) is 11.5 Å². The Balaban J connectivity index is 2.18. The largest absolute Gasteiger partial charge is 0.383 e. The van der Waals surface area contributed by atoms with Crippen LogP contribution in [-0.4, -0.2) is 57.9 Å². The molecular formula is C21H26N4O3S2. The van der Waals surface area contributed by atoms with Crippen LogP contribution in [0.25, 0.3) is 11.7 Å². The van der Waals surface area contributed by atoms with Crippen molar-refractivity contribution < 1.29 is 9.53 Å². The number of fused-ring (bicyclic) bond motifs is 1. The number of pyridine rings is 1. The molecule has 7 nitrogen and oxygen atoms in total. The highest BCUT2D eigenvalue weighted by molar-refractivity contribution is 8.26. The minimum atomic E-state index is -0.208. The first-order valence-electron chi connectivity index (χ1n) is 9.94. The maximum Gasteiger partial charge on any atom is 0.267 e. The van der Waals surface area contributed by atoms with Crippen LogP contribution in [0.5, 0.6) is 0 Å². The van der Waals surface area contributed by atoms with Gasteiger partial charge in [-0.25, -0.2) is 4.98 Å². The van der Waals surface area contributed by atoms with Crippen molar-refractivity contribution in [3.63, 3.8) is 0 Å². The molecule has 2 aromatic heterocycles. The van der Waals surface area contributed by atoms with Gasteiger partial charge in [-0.1, -0.05) is 37.0 Å². The Labute approximate surface area is 185 Å². The Hall–Kier alpha value is -2.23. The molecule has 1 saturated heterocycles. The number of thioether (sulfide) groups is 1. The van der Waals surface area contributed by atoms with Crippen molar-refractivity contribution in [2.24, 2.45) is 0 Å². The number of carbonyl (C=O) groups is 1. The van der Waals surface area contributed by atoms with Crippen LogP contribution in [0.2, 0.25) is 0 Å². The maximum absolute atomic E-state index is 13.4. The molecule has 3 heterocycles. The lowest BCUT2D eigenvalue weighted by Gasteiger charge is -2.23. The molecule has 0 bridgehead atoms. The number of aryl methyl sites for hydroxylation is 1. The van der Waals surface area contributed by atoms with Gasteiger partial charge in [0, 0.05) is 26.4 Å². The molecule has 1 amide bonds. The van der Waals surface area contributed by atoms with Crippen molar-refractivity contribution in [2.75, 3.05) is 38.3 Å². The van der Waals surface area contributed by atoms with Crippen molar-refractivity contribution in [2.45, 2.75) is 27.2 Å². The maximum atomic E-state index is 13.4. The number of aromatic nitrogens is 2. The molecule has 1 aliphatic heterocycles. The van der Waals surface area contributed by atoms with Crippen LogP contribution in [0, 0.1) is 6.92 Å². The van der Waals surface area contributed by atoms with E-state index in [0.717, 1.165) is 18.5 Å². The smallest absolute Gasteiger partial charge is 0.267 e. The van der Waals surface area contributed by atoms with E-state index in [4.69, 9.17) is 21.9 Å². The van der Waals surface area contributed by atoms with E-state index in [1.807, 2.05) is 26.0 Å². The summed E-state index contributed by atoms with van der Waals surface area (Å²) in [6.45, 7) is 8.30. The van der Waals surface area contributed by atoms with Gasteiger partial charge in [-0.05, 0) is 38.0 Å². The standard InChI is InChI=1S/C21H26N4O3S2/c1-5-9-23(6-2)18-15(19(26)24-10-7-8-14(3)17(24)22-18)13-16-20(27)25(11-12-28-4)21(29)30-16/h7-8,10,13H,5-6,9,11-12H2,1-4H3/b16-13+. The number of amides is 1. The molecule has 0 aliphatic carbocycles. The van der Waals surface area contributed by atoms with E-state index in [9.17, 15) is 9.59 Å². The average molecular weight is 447 g/mol. The summed E-state index contributed by atoms with van der Waals surface area (Å²) in [7, 11) is 1.58. The van der Waals surface area contributed by atoms with Crippen molar-refractivity contribution in [3.8, 4) is 0 Å². The zero-order valence-corrected chi connectivity index (χ0v) is 19.3. The van der Waals surface area contributed by atoms with E-state index < -0.39 is 0 Å². The molecule has 1 fully saturated rings. The monoisotopic (exact) mass is 446 g/mol. The van der Waals surface area contributed by atoms with E-state index >= 15 is 0 Å². The highest BCUT2D eigenvalue weighted by atomic mass is 32.2. The number of methoxy groups -OCH3 is 1. The van der Waals surface area contributed by atoms with Crippen LogP contribution >= 0.6 is 24.0 Å². The van der Waals surface area contributed by atoms with E-state index in [2.05, 4.69) is 11.8 Å². The highest BCUT2D eigenvalue weighted by Crippen LogP contribution is 2.33. The quantitative estimate of drug-likeness (QED) is 0.456. The molecule has 0 N–H and O–H groups in total. The lowest BCUT2D eigenvalue weighted by Crippen LogP contribution is -2.31. The number of carbonyl (C=O) groups excluding carboxylic acids is 1. The third-order valence-corrected chi connectivity index (χ3v) is 6.28. The van der Waals surface area contributed by atoms with E-state index in [1.54, 1.807) is 19.4 Å². The molecule has 1 aliphatic rings. The van der Waals surface area contributed by atoms with E-state index in [1.165, 1.54) is 21.1 Å². The molecule has 0 unspecified atom stereocenters. The SMILES string of the molecule is CCCN(CC)c1nc2c(C)cccn2c(=O)c1/C=C1/SC(=S)N(CCOC)C1=O. The molecule has 2 aromatic rings. The fraction of sp³-hybridized carbons (Fsp3) is 0.429. The summed E-state index contributed by atoms with van der Waals surface area (Å²) >= 11 is 6.57. The van der Waals surface area contributed by atoms with E-state index in [0.29, 0.717) is 46.0 Å². The van der Waals surface area contributed by atoms with Gasteiger partial charge in [-0.15, -0.1) is 0 Å². The van der Waals surface area contributed by atoms with Gasteiger partial charge in [-0.3, -0.25) is 18.9 Å². The summed E-state index contributed by atoms with van der Waals surface area (Å²) in [6, 6.07) is 3.75. The number of hydrogen-bond acceptors (Lipinski definition) is 7. The molecular weight excluding hydrogens is 420 g/mol. The zero-order chi connectivity index (χ0) is 21.8. The Morgan fingerprint density at radius 2 is 2.10 bits per heavy atom. The number of anilines is 1. The second kappa shape index (κ2) is 9.72. The van der Waals surface area contributed by atoms with Crippen LogP contribution in [0.15, 0.2) is 28.0 Å². The highest BCUT2D eigenvalue weighted by Gasteiger charge is 2.32. The lowest BCUT2D eigenvalue weighted by atomic mass is 10.2. The number of hydrogen-bond donors (Lipinski definition) is 0. The molecule has 0 aromatic carbocycles. The van der Waals surface area contributed by atoms with Gasteiger partial charge in [0.05, 0.1) is 23.6 Å². The molecule has 3 rings (SSSR count). The first kappa shape index (κ1) is 22.5. The molecule has 30 heavy (non-hydrogen) atoms. The second-order valence-corrected chi connectivity index (χ2v) is 8.62. The second-order valence-electron chi connectivity index (χ2n) is 6.94. The van der Waals surface area contributed by atoms with Gasteiger partial charge in [0.2, 0.25) is 0 Å². The predicted octanol–water partition coefficient (Wildman–Crippen LogP) is 3.09. The lowest BCUT2D eigenvalue weighted by molar-refractivity contribution is -0.122. The Bertz CT molecular complexity index is 1060. The van der Waals surface area contributed by atoms with Crippen LogP contribution in [0.4, 0.5) is 5.82 Å². The average Bonchev–Trinajstić information content (AvgIpc) is 3.00. The Morgan fingerprint density at radius 3 is 2.77 bits per heavy atom. The molecule has 160 valence electrons. The first-order valence-corrected chi connectivity index (χ1v) is 11.2. The molecule has 9 heteroatoms. The van der Waals surface area contributed by atoms with Crippen LogP contribution in [0.3, 0.4) is 0 Å². The van der Waals surface area contributed by atoms with Gasteiger partial charge in [0.15, 0.2) is 0 Å². The van der Waals surface area contributed by atoms with Crippen molar-refractivity contribution in [3.05, 3.63) is 44.7 Å². The number of nitrogens with zero attached hydrogens (tertiary/aromatic N) is 4. The normalized spacial score (nSPS) is 15.6. The molecule has 0 saturated carbocycles. The van der Waals surface area contributed by atoms with Gasteiger partial charge in [-0.2, -0.15) is 0 Å². The van der Waals surface area contributed by atoms with Crippen LogP contribution in [-0.2, 0) is 9.53 Å². The summed E-state index contributed by atoms with van der Waals surface area (Å²) in [5.41, 5.74) is 1.74.